The highest BCUT2D eigenvalue weighted by Gasteiger charge is 2.29. The van der Waals surface area contributed by atoms with Crippen molar-refractivity contribution in [2.45, 2.75) is 45.3 Å². The number of rotatable bonds is 4. The van der Waals surface area contributed by atoms with Gasteiger partial charge in [0.2, 0.25) is 0 Å². The minimum atomic E-state index is -0.606. The van der Waals surface area contributed by atoms with Crippen molar-refractivity contribution < 1.29 is 9.84 Å². The molecule has 0 bridgehead atoms. The van der Waals surface area contributed by atoms with Gasteiger partial charge in [-0.15, -0.1) is 0 Å². The van der Waals surface area contributed by atoms with E-state index in [0.717, 1.165) is 12.8 Å². The first-order valence-electron chi connectivity index (χ1n) is 7.10. The van der Waals surface area contributed by atoms with E-state index >= 15 is 0 Å². The van der Waals surface area contributed by atoms with Gasteiger partial charge in [0.25, 0.3) is 0 Å². The van der Waals surface area contributed by atoms with Crippen LogP contribution in [0.25, 0.3) is 0 Å². The number of hydrogen-bond acceptors (Lipinski definition) is 3. The van der Waals surface area contributed by atoms with Crippen molar-refractivity contribution in [2.24, 2.45) is 0 Å². The summed E-state index contributed by atoms with van der Waals surface area (Å²) >= 11 is 0. The Hall–Kier alpha value is -0.900. The first kappa shape index (κ1) is 14.5. The van der Waals surface area contributed by atoms with Crippen LogP contribution in [0, 0.1) is 13.8 Å². The summed E-state index contributed by atoms with van der Waals surface area (Å²) in [5.74, 6) is 0. The third kappa shape index (κ3) is 4.03. The van der Waals surface area contributed by atoms with Crippen LogP contribution < -0.4 is 5.32 Å². The lowest BCUT2D eigenvalue weighted by Gasteiger charge is -2.33. The molecule has 0 spiro atoms. The molecule has 2 N–H and O–H groups in total. The molecule has 0 radical (unpaired) electrons. The summed E-state index contributed by atoms with van der Waals surface area (Å²) in [5.41, 5.74) is 3.25. The Bertz CT molecular complexity index is 405. The predicted molar refractivity (Wildman–Crippen MR) is 77.3 cm³/mol. The summed E-state index contributed by atoms with van der Waals surface area (Å²) in [4.78, 5) is 0. The molecule has 1 unspecified atom stereocenters. The van der Waals surface area contributed by atoms with Gasteiger partial charge in [-0.05, 0) is 26.3 Å². The van der Waals surface area contributed by atoms with Crippen LogP contribution in [-0.2, 0) is 4.74 Å². The fourth-order valence-corrected chi connectivity index (χ4v) is 2.65. The number of nitrogens with one attached hydrogen (secondary N) is 1. The minimum Gasteiger partial charge on any atom is -0.388 e. The average Bonchev–Trinajstić information content (AvgIpc) is 2.36. The average molecular weight is 263 g/mol. The largest absolute Gasteiger partial charge is 0.388 e. The molecule has 1 aromatic rings. The fraction of sp³-hybridized carbons (Fsp3) is 0.625. The highest BCUT2D eigenvalue weighted by atomic mass is 16.5. The van der Waals surface area contributed by atoms with Crippen LogP contribution in [0.1, 0.15) is 42.5 Å². The molecule has 1 aliphatic rings. The molecule has 2 rings (SSSR count). The van der Waals surface area contributed by atoms with Gasteiger partial charge in [0.05, 0.1) is 5.60 Å². The quantitative estimate of drug-likeness (QED) is 0.877. The maximum Gasteiger partial charge on any atom is 0.0815 e. The van der Waals surface area contributed by atoms with Gasteiger partial charge in [0, 0.05) is 38.6 Å². The molecule has 1 fully saturated rings. The van der Waals surface area contributed by atoms with Gasteiger partial charge in [-0.1, -0.05) is 29.3 Å². The zero-order valence-electron chi connectivity index (χ0n) is 12.2. The number of benzene rings is 1. The molecule has 19 heavy (non-hydrogen) atoms. The second-order valence-corrected chi connectivity index (χ2v) is 5.86. The van der Waals surface area contributed by atoms with Crippen molar-refractivity contribution in [2.75, 3.05) is 19.8 Å². The van der Waals surface area contributed by atoms with E-state index in [9.17, 15) is 5.11 Å². The predicted octanol–water partition coefficient (Wildman–Crippen LogP) is 2.50. The van der Waals surface area contributed by atoms with Gasteiger partial charge >= 0.3 is 0 Å². The van der Waals surface area contributed by atoms with Crippen LogP contribution in [0.5, 0.6) is 0 Å². The maximum atomic E-state index is 10.4. The van der Waals surface area contributed by atoms with Crippen LogP contribution in [-0.4, -0.2) is 30.5 Å². The summed E-state index contributed by atoms with van der Waals surface area (Å²) in [6.45, 7) is 8.35. The van der Waals surface area contributed by atoms with E-state index < -0.39 is 5.60 Å². The van der Waals surface area contributed by atoms with Crippen molar-refractivity contribution >= 4 is 0 Å². The third-order valence-corrected chi connectivity index (χ3v) is 3.90. The molecule has 1 atom stereocenters. The van der Waals surface area contributed by atoms with E-state index in [0.29, 0.717) is 19.8 Å². The van der Waals surface area contributed by atoms with Gasteiger partial charge in [0.15, 0.2) is 0 Å². The van der Waals surface area contributed by atoms with Gasteiger partial charge in [-0.3, -0.25) is 0 Å². The SMILES string of the molecule is Cc1cc(C)cc(C(C)NCC2(O)CCOCC2)c1. The number of aliphatic hydroxyl groups is 1. The second kappa shape index (κ2) is 6.04. The molecule has 106 valence electrons. The van der Waals surface area contributed by atoms with Crippen molar-refractivity contribution in [1.29, 1.82) is 0 Å². The maximum absolute atomic E-state index is 10.4. The fourth-order valence-electron chi connectivity index (χ4n) is 2.65. The van der Waals surface area contributed by atoms with Crippen LogP contribution in [0.3, 0.4) is 0 Å². The highest BCUT2D eigenvalue weighted by molar-refractivity contribution is 5.30. The molecule has 0 aromatic heterocycles. The zero-order valence-corrected chi connectivity index (χ0v) is 12.2. The van der Waals surface area contributed by atoms with E-state index in [2.05, 4.69) is 44.3 Å². The van der Waals surface area contributed by atoms with E-state index in [1.54, 1.807) is 0 Å². The van der Waals surface area contributed by atoms with Crippen LogP contribution in [0.4, 0.5) is 0 Å². The molecule has 0 amide bonds. The molecule has 1 saturated heterocycles. The smallest absolute Gasteiger partial charge is 0.0815 e. The van der Waals surface area contributed by atoms with Crippen LogP contribution in [0.15, 0.2) is 18.2 Å². The molecular weight excluding hydrogens is 238 g/mol. The topological polar surface area (TPSA) is 41.5 Å². The number of ether oxygens (including phenoxy) is 1. The van der Waals surface area contributed by atoms with Gasteiger partial charge in [0.1, 0.15) is 0 Å². The molecule has 3 nitrogen and oxygen atoms in total. The van der Waals surface area contributed by atoms with Crippen LogP contribution in [0.2, 0.25) is 0 Å². The first-order chi connectivity index (χ1) is 8.98. The molecule has 1 aliphatic heterocycles. The lowest BCUT2D eigenvalue weighted by molar-refractivity contribution is -0.0626. The van der Waals surface area contributed by atoms with E-state index in [1.165, 1.54) is 16.7 Å². The molecule has 1 aromatic carbocycles. The zero-order chi connectivity index (χ0) is 13.9. The highest BCUT2D eigenvalue weighted by Crippen LogP contribution is 2.22. The van der Waals surface area contributed by atoms with Gasteiger partial charge in [-0.25, -0.2) is 0 Å². The Morgan fingerprint density at radius 3 is 2.37 bits per heavy atom. The third-order valence-electron chi connectivity index (χ3n) is 3.90. The van der Waals surface area contributed by atoms with Gasteiger partial charge in [-0.2, -0.15) is 0 Å². The molecule has 0 saturated carbocycles. The summed E-state index contributed by atoms with van der Waals surface area (Å²) in [7, 11) is 0. The molecular formula is C16H25NO2. The molecule has 0 aliphatic carbocycles. The second-order valence-electron chi connectivity index (χ2n) is 5.86. The van der Waals surface area contributed by atoms with Gasteiger partial charge < -0.3 is 15.2 Å². The standard InChI is InChI=1S/C16H25NO2/c1-12-8-13(2)10-15(9-12)14(3)17-11-16(18)4-6-19-7-5-16/h8-10,14,17-18H,4-7,11H2,1-3H3. The van der Waals surface area contributed by atoms with Crippen molar-refractivity contribution in [1.82, 2.24) is 5.32 Å². The Balaban J connectivity index is 1.95. The Morgan fingerprint density at radius 1 is 1.21 bits per heavy atom. The lowest BCUT2D eigenvalue weighted by Crippen LogP contribution is -2.45. The summed E-state index contributed by atoms with van der Waals surface area (Å²) in [5, 5.41) is 13.9. The molecule has 1 heterocycles. The lowest BCUT2D eigenvalue weighted by atomic mass is 9.93. The van der Waals surface area contributed by atoms with E-state index in [4.69, 9.17) is 4.74 Å². The Kier molecular flexibility index (Phi) is 4.61. The minimum absolute atomic E-state index is 0.255. The summed E-state index contributed by atoms with van der Waals surface area (Å²) < 4.78 is 5.30. The first-order valence-corrected chi connectivity index (χ1v) is 7.10. The number of hydrogen-bond donors (Lipinski definition) is 2. The number of aryl methyl sites for hydroxylation is 2. The monoisotopic (exact) mass is 263 g/mol. The van der Waals surface area contributed by atoms with Crippen molar-refractivity contribution in [3.05, 3.63) is 34.9 Å². The summed E-state index contributed by atoms with van der Waals surface area (Å²) in [6.07, 6.45) is 1.44. The normalized spacial score (nSPS) is 20.2. The Morgan fingerprint density at radius 2 is 1.79 bits per heavy atom. The van der Waals surface area contributed by atoms with E-state index in [1.807, 2.05) is 0 Å². The van der Waals surface area contributed by atoms with Crippen molar-refractivity contribution in [3.8, 4) is 0 Å². The molecule has 3 heteroatoms. The van der Waals surface area contributed by atoms with Crippen LogP contribution >= 0.6 is 0 Å². The Labute approximate surface area is 116 Å². The van der Waals surface area contributed by atoms with E-state index in [-0.39, 0.29) is 6.04 Å². The summed E-state index contributed by atoms with van der Waals surface area (Å²) in [6, 6.07) is 6.85. The van der Waals surface area contributed by atoms with Crippen molar-refractivity contribution in [3.63, 3.8) is 0 Å².